The number of thiazole rings is 2. The van der Waals surface area contributed by atoms with Crippen molar-refractivity contribution in [2.24, 2.45) is 0 Å². The summed E-state index contributed by atoms with van der Waals surface area (Å²) in [5.41, 5.74) is 1.86. The van der Waals surface area contributed by atoms with Crippen LogP contribution < -0.4 is 10.6 Å². The summed E-state index contributed by atoms with van der Waals surface area (Å²) in [4.78, 5) is 30.7. The monoisotopic (exact) mass is 372 g/mol. The van der Waals surface area contributed by atoms with Crippen molar-refractivity contribution in [1.82, 2.24) is 19.9 Å². The molecule has 128 valence electrons. The van der Waals surface area contributed by atoms with Crippen LogP contribution in [-0.4, -0.2) is 25.8 Å². The average Bonchev–Trinajstić information content (AvgIpc) is 3.21. The van der Waals surface area contributed by atoms with Gasteiger partial charge in [0, 0.05) is 22.7 Å². The lowest BCUT2D eigenvalue weighted by Crippen LogP contribution is -2.14. The van der Waals surface area contributed by atoms with E-state index >= 15 is 0 Å². The number of aryl methyl sites for hydroxylation is 2. The van der Waals surface area contributed by atoms with E-state index in [1.165, 1.54) is 29.1 Å². The van der Waals surface area contributed by atoms with Crippen LogP contribution in [0, 0.1) is 0 Å². The summed E-state index contributed by atoms with van der Waals surface area (Å²) < 4.78 is 0. The van der Waals surface area contributed by atoms with Crippen molar-refractivity contribution in [3.05, 3.63) is 40.1 Å². The van der Waals surface area contributed by atoms with Crippen LogP contribution in [0.2, 0.25) is 0 Å². The first-order chi connectivity index (χ1) is 12.3. The van der Waals surface area contributed by atoms with Gasteiger partial charge in [-0.25, -0.2) is 19.9 Å². The van der Waals surface area contributed by atoms with Crippen LogP contribution in [-0.2, 0) is 24.1 Å². The number of nitrogens with zero attached hydrogens (tertiary/aromatic N) is 4. The molecule has 0 fully saturated rings. The van der Waals surface area contributed by atoms with Crippen molar-refractivity contribution in [3.8, 4) is 0 Å². The Kier molecular flexibility index (Phi) is 4.66. The van der Waals surface area contributed by atoms with Crippen molar-refractivity contribution in [3.63, 3.8) is 0 Å². The Balaban J connectivity index is 1.35. The van der Waals surface area contributed by atoms with Gasteiger partial charge in [0.15, 0.2) is 10.3 Å². The number of amides is 1. The summed E-state index contributed by atoms with van der Waals surface area (Å²) in [7, 11) is 0. The van der Waals surface area contributed by atoms with E-state index < -0.39 is 0 Å². The zero-order valence-electron chi connectivity index (χ0n) is 13.4. The fourth-order valence-corrected chi connectivity index (χ4v) is 4.41. The van der Waals surface area contributed by atoms with Gasteiger partial charge in [-0.3, -0.25) is 4.79 Å². The van der Waals surface area contributed by atoms with Crippen molar-refractivity contribution in [2.75, 3.05) is 10.6 Å². The maximum Gasteiger partial charge on any atom is 0.232 e. The van der Waals surface area contributed by atoms with E-state index in [4.69, 9.17) is 0 Å². The number of anilines is 3. The van der Waals surface area contributed by atoms with Crippen molar-refractivity contribution in [2.45, 2.75) is 32.1 Å². The Bertz CT molecular complexity index is 852. The smallest absolute Gasteiger partial charge is 0.232 e. The molecule has 0 bridgehead atoms. The molecule has 3 heterocycles. The topological polar surface area (TPSA) is 92.7 Å². The number of fused-ring (bicyclic) bond motifs is 1. The van der Waals surface area contributed by atoms with E-state index in [0.717, 1.165) is 18.5 Å². The molecule has 1 aliphatic carbocycles. The molecule has 0 spiro atoms. The molecule has 0 aromatic carbocycles. The van der Waals surface area contributed by atoms with Gasteiger partial charge in [-0.15, -0.1) is 22.7 Å². The zero-order chi connectivity index (χ0) is 17.1. The molecule has 7 nitrogen and oxygen atoms in total. The molecule has 2 N–H and O–H groups in total. The van der Waals surface area contributed by atoms with E-state index in [1.54, 1.807) is 29.8 Å². The Morgan fingerprint density at radius 3 is 2.80 bits per heavy atom. The molecule has 4 rings (SSSR count). The normalized spacial score (nSPS) is 13.3. The Morgan fingerprint density at radius 2 is 1.96 bits per heavy atom. The highest BCUT2D eigenvalue weighted by molar-refractivity contribution is 7.16. The van der Waals surface area contributed by atoms with Crippen LogP contribution in [0.15, 0.2) is 23.8 Å². The molecule has 25 heavy (non-hydrogen) atoms. The van der Waals surface area contributed by atoms with Gasteiger partial charge in [0.25, 0.3) is 0 Å². The molecule has 0 saturated carbocycles. The number of carbonyl (C=O) groups excluding carboxylic acids is 1. The fourth-order valence-electron chi connectivity index (χ4n) is 2.64. The lowest BCUT2D eigenvalue weighted by atomic mass is 10.0. The van der Waals surface area contributed by atoms with Gasteiger partial charge >= 0.3 is 0 Å². The second kappa shape index (κ2) is 7.24. The number of aromatic nitrogens is 4. The first kappa shape index (κ1) is 16.1. The van der Waals surface area contributed by atoms with Gasteiger partial charge in [-0.2, -0.15) is 0 Å². The summed E-state index contributed by atoms with van der Waals surface area (Å²) >= 11 is 3.01. The van der Waals surface area contributed by atoms with Crippen molar-refractivity contribution < 1.29 is 4.79 Å². The van der Waals surface area contributed by atoms with E-state index in [0.29, 0.717) is 21.9 Å². The number of nitrogens with one attached hydrogen (secondary N) is 2. The van der Waals surface area contributed by atoms with Crippen LogP contribution in [0.25, 0.3) is 0 Å². The first-order valence-electron chi connectivity index (χ1n) is 8.03. The van der Waals surface area contributed by atoms with Crippen LogP contribution in [0.1, 0.15) is 29.1 Å². The first-order valence-corrected chi connectivity index (χ1v) is 9.73. The van der Waals surface area contributed by atoms with E-state index in [1.807, 2.05) is 5.38 Å². The van der Waals surface area contributed by atoms with Gasteiger partial charge in [-0.1, -0.05) is 0 Å². The molecule has 3 aromatic rings. The minimum absolute atomic E-state index is 0.0982. The second-order valence-electron chi connectivity index (χ2n) is 5.66. The van der Waals surface area contributed by atoms with E-state index in [-0.39, 0.29) is 12.3 Å². The fraction of sp³-hybridized carbons (Fsp3) is 0.312. The third-order valence-electron chi connectivity index (χ3n) is 3.77. The van der Waals surface area contributed by atoms with Crippen LogP contribution >= 0.6 is 22.7 Å². The van der Waals surface area contributed by atoms with Crippen LogP contribution in [0.5, 0.6) is 0 Å². The standard InChI is InChI=1S/C16H16N6OS2/c23-13(21-16-20-11-4-1-2-5-12(11)25-16)8-10-9-24-15(19-10)22-14-17-6-3-7-18-14/h3,6-7,9H,1-2,4-5,8H2,(H,20,21,23)(H,17,18,19,22). The zero-order valence-corrected chi connectivity index (χ0v) is 15.0. The minimum Gasteiger partial charge on any atom is -0.302 e. The molecular formula is C16H16N6OS2. The van der Waals surface area contributed by atoms with Gasteiger partial charge in [0.1, 0.15) is 0 Å². The Morgan fingerprint density at radius 1 is 1.12 bits per heavy atom. The third kappa shape index (κ3) is 3.99. The quantitative estimate of drug-likeness (QED) is 0.714. The maximum atomic E-state index is 12.2. The van der Waals surface area contributed by atoms with Gasteiger partial charge in [-0.05, 0) is 31.7 Å². The van der Waals surface area contributed by atoms with Gasteiger partial charge in [0.2, 0.25) is 11.9 Å². The number of rotatable bonds is 5. The maximum absolute atomic E-state index is 12.2. The molecule has 9 heteroatoms. The number of carbonyl (C=O) groups is 1. The highest BCUT2D eigenvalue weighted by Crippen LogP contribution is 2.29. The molecule has 1 aliphatic rings. The summed E-state index contributed by atoms with van der Waals surface area (Å²) in [6, 6.07) is 1.75. The minimum atomic E-state index is -0.0982. The molecule has 0 atom stereocenters. The van der Waals surface area contributed by atoms with E-state index in [9.17, 15) is 4.79 Å². The highest BCUT2D eigenvalue weighted by atomic mass is 32.1. The predicted molar refractivity (Wildman–Crippen MR) is 98.5 cm³/mol. The molecule has 0 aliphatic heterocycles. The molecule has 1 amide bonds. The highest BCUT2D eigenvalue weighted by Gasteiger charge is 2.17. The summed E-state index contributed by atoms with van der Waals surface area (Å²) in [6.45, 7) is 0. The summed E-state index contributed by atoms with van der Waals surface area (Å²) in [5.74, 6) is 0.389. The van der Waals surface area contributed by atoms with Gasteiger partial charge < -0.3 is 10.6 Å². The van der Waals surface area contributed by atoms with Crippen molar-refractivity contribution >= 4 is 44.8 Å². The van der Waals surface area contributed by atoms with Crippen LogP contribution in [0.4, 0.5) is 16.2 Å². The molecule has 0 unspecified atom stereocenters. The predicted octanol–water partition coefficient (Wildman–Crippen LogP) is 3.19. The Labute approximate surface area is 152 Å². The summed E-state index contributed by atoms with van der Waals surface area (Å²) in [6.07, 6.45) is 8.02. The molecule has 3 aromatic heterocycles. The second-order valence-corrected chi connectivity index (χ2v) is 7.60. The average molecular weight is 372 g/mol. The summed E-state index contributed by atoms with van der Waals surface area (Å²) in [5, 5.41) is 9.14. The third-order valence-corrected chi connectivity index (χ3v) is 5.65. The van der Waals surface area contributed by atoms with Crippen molar-refractivity contribution in [1.29, 1.82) is 0 Å². The molecule has 0 radical (unpaired) electrons. The number of hydrogen-bond acceptors (Lipinski definition) is 8. The molecular weight excluding hydrogens is 356 g/mol. The molecule has 0 saturated heterocycles. The number of hydrogen-bond donors (Lipinski definition) is 2. The lowest BCUT2D eigenvalue weighted by Gasteiger charge is -2.06. The van der Waals surface area contributed by atoms with Crippen LogP contribution in [0.3, 0.4) is 0 Å². The Hall–Kier alpha value is -2.39. The largest absolute Gasteiger partial charge is 0.302 e. The van der Waals surface area contributed by atoms with Gasteiger partial charge in [0.05, 0.1) is 17.8 Å². The lowest BCUT2D eigenvalue weighted by molar-refractivity contribution is -0.115. The SMILES string of the molecule is O=C(Cc1csc(Nc2ncccn2)n1)Nc1nc2c(s1)CCCC2. The van der Waals surface area contributed by atoms with E-state index in [2.05, 4.69) is 30.6 Å².